The number of nitrogens with two attached hydrogens (primary N) is 1. The van der Waals surface area contributed by atoms with Gasteiger partial charge in [-0.3, -0.25) is 0 Å². The molecule has 0 aromatic carbocycles. The number of nitrogens with zero attached hydrogens (tertiary/aromatic N) is 2. The molecule has 0 saturated heterocycles. The Kier molecular flexibility index (Phi) is 4.75. The van der Waals surface area contributed by atoms with Crippen LogP contribution >= 0.6 is 0 Å². The molecular weight excluding hydrogens is 226 g/mol. The Bertz CT molecular complexity index is 364. The summed E-state index contributed by atoms with van der Waals surface area (Å²) in [6.07, 6.45) is 8.15. The Morgan fingerprint density at radius 3 is 2.89 bits per heavy atom. The van der Waals surface area contributed by atoms with Crippen molar-refractivity contribution in [2.24, 2.45) is 11.7 Å². The summed E-state index contributed by atoms with van der Waals surface area (Å²) in [6.45, 7) is 4.42. The van der Waals surface area contributed by atoms with Crippen LogP contribution < -0.4 is 5.73 Å². The number of hydrogen-bond acceptors (Lipinski definition) is 4. The molecule has 18 heavy (non-hydrogen) atoms. The van der Waals surface area contributed by atoms with Crippen LogP contribution in [0.2, 0.25) is 0 Å². The fourth-order valence-electron chi connectivity index (χ4n) is 2.79. The number of hydrogen-bond donors (Lipinski definition) is 1. The largest absolute Gasteiger partial charge is 0.338 e. The van der Waals surface area contributed by atoms with E-state index < -0.39 is 0 Å². The van der Waals surface area contributed by atoms with Gasteiger partial charge < -0.3 is 10.3 Å². The van der Waals surface area contributed by atoms with Crippen molar-refractivity contribution in [3.63, 3.8) is 0 Å². The number of rotatable bonds is 6. The fourth-order valence-corrected chi connectivity index (χ4v) is 2.79. The number of unbranched alkanes of at least 4 members (excludes halogenated alkanes) is 1. The topological polar surface area (TPSA) is 64.9 Å². The Morgan fingerprint density at radius 2 is 2.22 bits per heavy atom. The van der Waals surface area contributed by atoms with Gasteiger partial charge in [0, 0.05) is 5.92 Å². The lowest BCUT2D eigenvalue weighted by Crippen LogP contribution is -2.10. The molecule has 2 rings (SSSR count). The minimum atomic E-state index is -0.0884. The quantitative estimate of drug-likeness (QED) is 0.839. The normalized spacial score (nSPS) is 25.5. The van der Waals surface area contributed by atoms with Crippen molar-refractivity contribution in [3.05, 3.63) is 11.7 Å². The van der Waals surface area contributed by atoms with Crippen LogP contribution in [0.4, 0.5) is 0 Å². The molecule has 102 valence electrons. The van der Waals surface area contributed by atoms with Crippen LogP contribution in [0.3, 0.4) is 0 Å². The van der Waals surface area contributed by atoms with Crippen molar-refractivity contribution < 1.29 is 4.52 Å². The molecule has 4 heteroatoms. The highest BCUT2D eigenvalue weighted by molar-refractivity contribution is 5.01. The van der Waals surface area contributed by atoms with Crippen LogP contribution in [0.15, 0.2) is 4.52 Å². The van der Waals surface area contributed by atoms with Gasteiger partial charge in [0.05, 0.1) is 6.04 Å². The molecule has 0 bridgehead atoms. The maximum Gasteiger partial charge on any atom is 0.243 e. The van der Waals surface area contributed by atoms with Crippen LogP contribution in [-0.4, -0.2) is 10.1 Å². The van der Waals surface area contributed by atoms with Crippen molar-refractivity contribution in [2.45, 2.75) is 70.8 Å². The first-order chi connectivity index (χ1) is 8.74. The molecule has 2 unspecified atom stereocenters. The molecule has 2 N–H and O–H groups in total. The van der Waals surface area contributed by atoms with E-state index in [1.54, 1.807) is 0 Å². The molecule has 1 fully saturated rings. The Labute approximate surface area is 109 Å². The van der Waals surface area contributed by atoms with Gasteiger partial charge in [0.1, 0.15) is 0 Å². The van der Waals surface area contributed by atoms with E-state index >= 15 is 0 Å². The summed E-state index contributed by atoms with van der Waals surface area (Å²) < 4.78 is 5.32. The van der Waals surface area contributed by atoms with E-state index in [1.807, 2.05) is 0 Å². The molecule has 4 nitrogen and oxygen atoms in total. The average molecular weight is 251 g/mol. The van der Waals surface area contributed by atoms with E-state index in [9.17, 15) is 0 Å². The highest BCUT2D eigenvalue weighted by Gasteiger charge is 2.28. The Balaban J connectivity index is 1.93. The maximum atomic E-state index is 6.05. The van der Waals surface area contributed by atoms with Crippen LogP contribution in [0, 0.1) is 5.92 Å². The second-order valence-electron chi connectivity index (χ2n) is 5.52. The summed E-state index contributed by atoms with van der Waals surface area (Å²) >= 11 is 0. The van der Waals surface area contributed by atoms with E-state index in [-0.39, 0.29) is 6.04 Å². The monoisotopic (exact) mass is 251 g/mol. The van der Waals surface area contributed by atoms with E-state index in [4.69, 9.17) is 10.3 Å². The van der Waals surface area contributed by atoms with Gasteiger partial charge in [-0.15, -0.1) is 0 Å². The van der Waals surface area contributed by atoms with Gasteiger partial charge >= 0.3 is 0 Å². The molecule has 1 aliphatic rings. The average Bonchev–Trinajstić information content (AvgIpc) is 3.03. The van der Waals surface area contributed by atoms with Gasteiger partial charge in [-0.1, -0.05) is 38.3 Å². The summed E-state index contributed by atoms with van der Waals surface area (Å²) in [5.41, 5.74) is 6.05. The number of aromatic nitrogens is 2. The molecule has 3 atom stereocenters. The van der Waals surface area contributed by atoms with Gasteiger partial charge in [-0.2, -0.15) is 4.98 Å². The summed E-state index contributed by atoms with van der Waals surface area (Å²) in [6, 6.07) is -0.0884. The van der Waals surface area contributed by atoms with E-state index in [0.717, 1.165) is 31.0 Å². The lowest BCUT2D eigenvalue weighted by atomic mass is 10.0. The molecule has 0 aliphatic heterocycles. The van der Waals surface area contributed by atoms with Crippen LogP contribution in [0.25, 0.3) is 0 Å². The molecule has 1 saturated carbocycles. The maximum absolute atomic E-state index is 6.05. The van der Waals surface area contributed by atoms with Crippen molar-refractivity contribution in [3.8, 4) is 0 Å². The minimum absolute atomic E-state index is 0.0884. The molecule has 1 heterocycles. The zero-order valence-electron chi connectivity index (χ0n) is 11.6. The van der Waals surface area contributed by atoms with Crippen LogP contribution in [-0.2, 0) is 0 Å². The van der Waals surface area contributed by atoms with Crippen molar-refractivity contribution in [2.75, 3.05) is 0 Å². The Morgan fingerprint density at radius 1 is 1.39 bits per heavy atom. The third kappa shape index (κ3) is 3.10. The Hall–Kier alpha value is -0.900. The van der Waals surface area contributed by atoms with Crippen LogP contribution in [0.1, 0.15) is 82.5 Å². The second kappa shape index (κ2) is 6.32. The van der Waals surface area contributed by atoms with E-state index in [2.05, 4.69) is 24.0 Å². The summed E-state index contributed by atoms with van der Waals surface area (Å²) in [7, 11) is 0. The first-order valence-electron chi connectivity index (χ1n) is 7.33. The zero-order valence-corrected chi connectivity index (χ0v) is 11.6. The SMILES string of the molecule is CCCC[C@H](N)c1nc(C2CCC(CC)C2)no1. The second-order valence-corrected chi connectivity index (χ2v) is 5.52. The van der Waals surface area contributed by atoms with Crippen molar-refractivity contribution >= 4 is 0 Å². The molecule has 0 amide bonds. The predicted molar refractivity (Wildman–Crippen MR) is 71.1 cm³/mol. The lowest BCUT2D eigenvalue weighted by Gasteiger charge is -2.05. The van der Waals surface area contributed by atoms with Gasteiger partial charge in [-0.05, 0) is 31.6 Å². The lowest BCUT2D eigenvalue weighted by molar-refractivity contribution is 0.340. The molecule has 1 aromatic heterocycles. The highest BCUT2D eigenvalue weighted by Crippen LogP contribution is 2.38. The van der Waals surface area contributed by atoms with Crippen LogP contribution in [0.5, 0.6) is 0 Å². The first-order valence-corrected chi connectivity index (χ1v) is 7.33. The smallest absolute Gasteiger partial charge is 0.243 e. The third-order valence-corrected chi connectivity index (χ3v) is 4.13. The molecule has 1 aliphatic carbocycles. The minimum Gasteiger partial charge on any atom is -0.338 e. The van der Waals surface area contributed by atoms with Gasteiger partial charge in [-0.25, -0.2) is 0 Å². The predicted octanol–water partition coefficient (Wildman–Crippen LogP) is 3.55. The molecule has 1 aromatic rings. The van der Waals surface area contributed by atoms with Gasteiger partial charge in [0.15, 0.2) is 5.82 Å². The van der Waals surface area contributed by atoms with Gasteiger partial charge in [0.25, 0.3) is 0 Å². The van der Waals surface area contributed by atoms with E-state index in [0.29, 0.717) is 11.8 Å². The van der Waals surface area contributed by atoms with E-state index in [1.165, 1.54) is 25.7 Å². The summed E-state index contributed by atoms with van der Waals surface area (Å²) in [5, 5.41) is 4.13. The molecule has 0 spiro atoms. The highest BCUT2D eigenvalue weighted by atomic mass is 16.5. The van der Waals surface area contributed by atoms with Crippen molar-refractivity contribution in [1.29, 1.82) is 0 Å². The first kappa shape index (κ1) is 13.5. The zero-order chi connectivity index (χ0) is 13.0. The van der Waals surface area contributed by atoms with Crippen molar-refractivity contribution in [1.82, 2.24) is 10.1 Å². The molecular formula is C14H25N3O. The third-order valence-electron chi connectivity index (χ3n) is 4.13. The summed E-state index contributed by atoms with van der Waals surface area (Å²) in [4.78, 5) is 4.51. The fraction of sp³-hybridized carbons (Fsp3) is 0.857. The molecule has 0 radical (unpaired) electrons. The standard InChI is InChI=1S/C14H25N3O/c1-3-5-6-12(15)14-16-13(17-18-14)11-8-7-10(4-2)9-11/h10-12H,3-9,15H2,1-2H3/t10?,11?,12-/m0/s1. The van der Waals surface area contributed by atoms with Gasteiger partial charge in [0.2, 0.25) is 5.89 Å². The summed E-state index contributed by atoms with van der Waals surface area (Å²) in [5.74, 6) is 2.84.